The normalized spacial score (nSPS) is 20.7. The Kier molecular flexibility index (Phi) is 3.75. The van der Waals surface area contributed by atoms with Crippen LogP contribution in [0.25, 0.3) is 0 Å². The highest BCUT2D eigenvalue weighted by molar-refractivity contribution is 5.26. The summed E-state index contributed by atoms with van der Waals surface area (Å²) in [6.45, 7) is 6.48. The molecule has 82 valence electrons. The van der Waals surface area contributed by atoms with Crippen LogP contribution in [0.2, 0.25) is 0 Å². The molecule has 2 rings (SSSR count). The van der Waals surface area contributed by atoms with Crippen molar-refractivity contribution < 1.29 is 0 Å². The number of hydrogen-bond donors (Lipinski definition) is 2. The zero-order chi connectivity index (χ0) is 10.5. The Bertz CT molecular complexity index is 286. The predicted molar refractivity (Wildman–Crippen MR) is 64.1 cm³/mol. The van der Waals surface area contributed by atoms with Gasteiger partial charge in [-0.25, -0.2) is 0 Å². The first kappa shape index (κ1) is 10.7. The molecule has 1 atom stereocenters. The molecule has 0 saturated carbocycles. The van der Waals surface area contributed by atoms with Crippen LogP contribution in [0.5, 0.6) is 0 Å². The Hall–Kier alpha value is -0.860. The molecule has 0 radical (unpaired) electrons. The SMILES string of the molecule is CCNCc1ccc(C2CCNC2)cc1. The van der Waals surface area contributed by atoms with E-state index in [0.29, 0.717) is 0 Å². The molecule has 1 unspecified atom stereocenters. The fourth-order valence-electron chi connectivity index (χ4n) is 2.12. The fourth-order valence-corrected chi connectivity index (χ4v) is 2.12. The van der Waals surface area contributed by atoms with Crippen molar-refractivity contribution in [2.24, 2.45) is 0 Å². The second kappa shape index (κ2) is 5.29. The van der Waals surface area contributed by atoms with E-state index in [1.54, 1.807) is 0 Å². The van der Waals surface area contributed by atoms with Crippen LogP contribution < -0.4 is 10.6 Å². The Morgan fingerprint density at radius 2 is 2.13 bits per heavy atom. The van der Waals surface area contributed by atoms with Gasteiger partial charge in [0.05, 0.1) is 0 Å². The first-order chi connectivity index (χ1) is 7.40. The van der Waals surface area contributed by atoms with E-state index in [-0.39, 0.29) is 0 Å². The zero-order valence-corrected chi connectivity index (χ0v) is 9.42. The van der Waals surface area contributed by atoms with Gasteiger partial charge >= 0.3 is 0 Å². The van der Waals surface area contributed by atoms with Crippen molar-refractivity contribution in [3.05, 3.63) is 35.4 Å². The smallest absolute Gasteiger partial charge is 0.0205 e. The average Bonchev–Trinajstić information content (AvgIpc) is 2.80. The predicted octanol–water partition coefficient (Wildman–Crippen LogP) is 1.87. The van der Waals surface area contributed by atoms with E-state index in [1.165, 1.54) is 24.1 Å². The van der Waals surface area contributed by atoms with Crippen LogP contribution in [0, 0.1) is 0 Å². The standard InChI is InChI=1S/C13H20N2/c1-2-14-9-11-3-5-12(6-4-11)13-7-8-15-10-13/h3-6,13-15H,2,7-10H2,1H3. The van der Waals surface area contributed by atoms with Gasteiger partial charge < -0.3 is 10.6 Å². The van der Waals surface area contributed by atoms with E-state index in [2.05, 4.69) is 41.8 Å². The largest absolute Gasteiger partial charge is 0.316 e. The van der Waals surface area contributed by atoms with Gasteiger partial charge in [0.25, 0.3) is 0 Å². The summed E-state index contributed by atoms with van der Waals surface area (Å²) in [5.74, 6) is 0.734. The van der Waals surface area contributed by atoms with Gasteiger partial charge in [-0.2, -0.15) is 0 Å². The lowest BCUT2D eigenvalue weighted by Crippen LogP contribution is -2.12. The van der Waals surface area contributed by atoms with Gasteiger partial charge in [0.1, 0.15) is 0 Å². The van der Waals surface area contributed by atoms with Gasteiger partial charge in [0.15, 0.2) is 0 Å². The maximum absolute atomic E-state index is 3.41. The molecule has 0 spiro atoms. The van der Waals surface area contributed by atoms with Crippen molar-refractivity contribution in [1.29, 1.82) is 0 Å². The summed E-state index contributed by atoms with van der Waals surface area (Å²) in [4.78, 5) is 0. The van der Waals surface area contributed by atoms with Gasteiger partial charge in [0.2, 0.25) is 0 Å². The molecule has 1 aromatic carbocycles. The molecule has 1 aliphatic heterocycles. The molecule has 0 aliphatic carbocycles. The van der Waals surface area contributed by atoms with E-state index in [4.69, 9.17) is 0 Å². The second-order valence-electron chi connectivity index (χ2n) is 4.21. The molecule has 15 heavy (non-hydrogen) atoms. The molecule has 1 aliphatic rings. The molecule has 1 saturated heterocycles. The molecule has 1 heterocycles. The molecule has 1 fully saturated rings. The van der Waals surface area contributed by atoms with Crippen LogP contribution in [0.1, 0.15) is 30.4 Å². The molecule has 2 nitrogen and oxygen atoms in total. The third-order valence-electron chi connectivity index (χ3n) is 3.09. The van der Waals surface area contributed by atoms with Gasteiger partial charge in [-0.15, -0.1) is 0 Å². The second-order valence-corrected chi connectivity index (χ2v) is 4.21. The lowest BCUT2D eigenvalue weighted by atomic mass is 9.97. The van der Waals surface area contributed by atoms with Crippen molar-refractivity contribution in [1.82, 2.24) is 10.6 Å². The fraction of sp³-hybridized carbons (Fsp3) is 0.538. The van der Waals surface area contributed by atoms with Gasteiger partial charge in [0, 0.05) is 13.1 Å². The average molecular weight is 204 g/mol. The third-order valence-corrected chi connectivity index (χ3v) is 3.09. The first-order valence-corrected chi connectivity index (χ1v) is 5.90. The molecule has 0 bridgehead atoms. The molecular weight excluding hydrogens is 184 g/mol. The van der Waals surface area contributed by atoms with E-state index in [9.17, 15) is 0 Å². The van der Waals surface area contributed by atoms with E-state index >= 15 is 0 Å². The highest BCUT2D eigenvalue weighted by atomic mass is 14.9. The summed E-state index contributed by atoms with van der Waals surface area (Å²) < 4.78 is 0. The van der Waals surface area contributed by atoms with Gasteiger partial charge in [-0.1, -0.05) is 31.2 Å². The van der Waals surface area contributed by atoms with Crippen LogP contribution in [-0.2, 0) is 6.54 Å². The molecule has 2 heteroatoms. The van der Waals surface area contributed by atoms with Crippen molar-refractivity contribution in [2.45, 2.75) is 25.8 Å². The van der Waals surface area contributed by atoms with Crippen LogP contribution in [0.3, 0.4) is 0 Å². The van der Waals surface area contributed by atoms with E-state index < -0.39 is 0 Å². The quantitative estimate of drug-likeness (QED) is 0.782. The van der Waals surface area contributed by atoms with Crippen LogP contribution in [0.15, 0.2) is 24.3 Å². The van der Waals surface area contributed by atoms with Crippen molar-refractivity contribution in [2.75, 3.05) is 19.6 Å². The van der Waals surface area contributed by atoms with Crippen LogP contribution >= 0.6 is 0 Å². The van der Waals surface area contributed by atoms with Crippen LogP contribution in [-0.4, -0.2) is 19.6 Å². The van der Waals surface area contributed by atoms with Crippen molar-refractivity contribution in [3.63, 3.8) is 0 Å². The highest BCUT2D eigenvalue weighted by Crippen LogP contribution is 2.22. The minimum absolute atomic E-state index is 0.734. The summed E-state index contributed by atoms with van der Waals surface area (Å²) in [6.07, 6.45) is 1.28. The topological polar surface area (TPSA) is 24.1 Å². The van der Waals surface area contributed by atoms with E-state index in [1.807, 2.05) is 0 Å². The maximum Gasteiger partial charge on any atom is 0.0205 e. The minimum Gasteiger partial charge on any atom is -0.316 e. The summed E-state index contributed by atoms with van der Waals surface area (Å²) >= 11 is 0. The zero-order valence-electron chi connectivity index (χ0n) is 9.42. The number of rotatable bonds is 4. The van der Waals surface area contributed by atoms with Gasteiger partial charge in [-0.3, -0.25) is 0 Å². The van der Waals surface area contributed by atoms with Crippen molar-refractivity contribution >= 4 is 0 Å². The summed E-state index contributed by atoms with van der Waals surface area (Å²) in [5, 5.41) is 6.75. The first-order valence-electron chi connectivity index (χ1n) is 5.90. The molecule has 0 aromatic heterocycles. The Morgan fingerprint density at radius 3 is 2.73 bits per heavy atom. The van der Waals surface area contributed by atoms with E-state index in [0.717, 1.165) is 25.6 Å². The Morgan fingerprint density at radius 1 is 1.33 bits per heavy atom. The summed E-state index contributed by atoms with van der Waals surface area (Å²) in [7, 11) is 0. The molecule has 1 aromatic rings. The Labute approximate surface area is 92.1 Å². The summed E-state index contributed by atoms with van der Waals surface area (Å²) in [6, 6.07) is 9.06. The maximum atomic E-state index is 3.41. The van der Waals surface area contributed by atoms with Crippen LogP contribution in [0.4, 0.5) is 0 Å². The minimum atomic E-state index is 0.734. The number of benzene rings is 1. The Balaban J connectivity index is 1.96. The molecule has 2 N–H and O–H groups in total. The lowest BCUT2D eigenvalue weighted by molar-refractivity contribution is 0.723. The molecule has 0 amide bonds. The monoisotopic (exact) mass is 204 g/mol. The number of hydrogen-bond acceptors (Lipinski definition) is 2. The molecular formula is C13H20N2. The number of nitrogens with one attached hydrogen (secondary N) is 2. The highest BCUT2D eigenvalue weighted by Gasteiger charge is 2.15. The summed E-state index contributed by atoms with van der Waals surface area (Å²) in [5.41, 5.74) is 2.87. The van der Waals surface area contributed by atoms with Gasteiger partial charge in [-0.05, 0) is 36.6 Å². The lowest BCUT2D eigenvalue weighted by Gasteiger charge is -2.09. The third kappa shape index (κ3) is 2.80. The van der Waals surface area contributed by atoms with Crippen molar-refractivity contribution in [3.8, 4) is 0 Å².